The van der Waals surface area contributed by atoms with Crippen LogP contribution in [-0.4, -0.2) is 92.2 Å². The molecule has 2 N–H and O–H groups in total. The Hall–Kier alpha value is -1.17. The lowest BCUT2D eigenvalue weighted by molar-refractivity contribution is -0.123. The van der Waals surface area contributed by atoms with Crippen LogP contribution >= 0.6 is 11.8 Å². The highest BCUT2D eigenvalue weighted by molar-refractivity contribution is 7.99. The molecule has 2 saturated heterocycles. The third-order valence-electron chi connectivity index (χ3n) is 5.20. The van der Waals surface area contributed by atoms with Crippen molar-refractivity contribution in [3.8, 4) is 0 Å². The Morgan fingerprint density at radius 2 is 1.93 bits per heavy atom. The number of hydrogen-bond donors (Lipinski definition) is 2. The maximum atomic E-state index is 12.7. The molecule has 2 fully saturated rings. The topological polar surface area (TPSA) is 99.2 Å². The molecule has 2 aliphatic heterocycles. The first-order valence-corrected chi connectivity index (χ1v) is 12.6. The van der Waals surface area contributed by atoms with Crippen LogP contribution in [0.25, 0.3) is 0 Å². The number of carbonyl (C=O) groups is 1. The summed E-state index contributed by atoms with van der Waals surface area (Å²) >= 11 is 1.79. The van der Waals surface area contributed by atoms with Crippen molar-refractivity contribution in [2.75, 3.05) is 57.5 Å². The highest BCUT2D eigenvalue weighted by Crippen LogP contribution is 2.17. The molecule has 162 valence electrons. The fraction of sp³-hybridized carbons (Fsp3) is 0.632. The number of carbonyl (C=O) groups excluding carboxylic acids is 1. The van der Waals surface area contributed by atoms with Gasteiger partial charge in [0.2, 0.25) is 15.9 Å². The molecule has 0 aromatic heterocycles. The molecule has 1 aromatic carbocycles. The standard InChI is InChI=1S/C19H29N3O5S2/c23-13-18-14-28-10-7-21(18)12-19(24)20-11-16-3-1-2-4-17(16)15-29(25,26)22-5-8-27-9-6-22/h1-4,18,23H,5-15H2,(H,20,24)/t18-/m0/s1. The molecule has 0 bridgehead atoms. The second kappa shape index (κ2) is 10.7. The molecule has 0 radical (unpaired) electrons. The molecule has 1 aromatic rings. The zero-order valence-electron chi connectivity index (χ0n) is 16.5. The van der Waals surface area contributed by atoms with E-state index >= 15 is 0 Å². The molecule has 0 spiro atoms. The third kappa shape index (κ3) is 6.40. The van der Waals surface area contributed by atoms with Crippen molar-refractivity contribution in [1.29, 1.82) is 0 Å². The Labute approximate surface area is 176 Å². The summed E-state index contributed by atoms with van der Waals surface area (Å²) in [6, 6.07) is 7.30. The highest BCUT2D eigenvalue weighted by atomic mass is 32.2. The molecular formula is C19H29N3O5S2. The molecule has 2 aliphatic rings. The van der Waals surface area contributed by atoms with Gasteiger partial charge < -0.3 is 15.2 Å². The maximum absolute atomic E-state index is 12.7. The minimum Gasteiger partial charge on any atom is -0.395 e. The van der Waals surface area contributed by atoms with Crippen LogP contribution in [0.2, 0.25) is 0 Å². The van der Waals surface area contributed by atoms with Crippen molar-refractivity contribution in [2.24, 2.45) is 0 Å². The monoisotopic (exact) mass is 443 g/mol. The van der Waals surface area contributed by atoms with E-state index in [2.05, 4.69) is 5.32 Å². The molecule has 3 rings (SSSR count). The average molecular weight is 444 g/mol. The molecule has 1 atom stereocenters. The first kappa shape index (κ1) is 22.5. The van der Waals surface area contributed by atoms with E-state index in [9.17, 15) is 18.3 Å². The molecule has 8 nitrogen and oxygen atoms in total. The van der Waals surface area contributed by atoms with E-state index in [4.69, 9.17) is 4.74 Å². The lowest BCUT2D eigenvalue weighted by atomic mass is 10.1. The maximum Gasteiger partial charge on any atom is 0.234 e. The number of aliphatic hydroxyl groups is 1. The van der Waals surface area contributed by atoms with Crippen molar-refractivity contribution in [2.45, 2.75) is 18.3 Å². The van der Waals surface area contributed by atoms with Crippen LogP contribution in [0.3, 0.4) is 0 Å². The smallest absolute Gasteiger partial charge is 0.234 e. The number of morpholine rings is 1. The van der Waals surface area contributed by atoms with E-state index in [1.807, 2.05) is 23.1 Å². The molecule has 1 amide bonds. The largest absolute Gasteiger partial charge is 0.395 e. The van der Waals surface area contributed by atoms with Crippen LogP contribution < -0.4 is 5.32 Å². The summed E-state index contributed by atoms with van der Waals surface area (Å²) in [6.07, 6.45) is 0. The summed E-state index contributed by atoms with van der Waals surface area (Å²) in [5, 5.41) is 12.4. The van der Waals surface area contributed by atoms with Gasteiger partial charge in [0.25, 0.3) is 0 Å². The summed E-state index contributed by atoms with van der Waals surface area (Å²) in [7, 11) is -3.43. The molecular weight excluding hydrogens is 414 g/mol. The van der Waals surface area contributed by atoms with E-state index in [1.165, 1.54) is 4.31 Å². The highest BCUT2D eigenvalue weighted by Gasteiger charge is 2.26. The van der Waals surface area contributed by atoms with Crippen molar-refractivity contribution in [3.63, 3.8) is 0 Å². The van der Waals surface area contributed by atoms with Crippen LogP contribution in [0.4, 0.5) is 0 Å². The van der Waals surface area contributed by atoms with Gasteiger partial charge in [0, 0.05) is 43.7 Å². The van der Waals surface area contributed by atoms with Gasteiger partial charge in [0.15, 0.2) is 0 Å². The second-order valence-corrected chi connectivity index (χ2v) is 10.3. The van der Waals surface area contributed by atoms with Gasteiger partial charge in [-0.2, -0.15) is 16.1 Å². The zero-order valence-corrected chi connectivity index (χ0v) is 18.1. The van der Waals surface area contributed by atoms with Crippen molar-refractivity contribution >= 4 is 27.7 Å². The second-order valence-electron chi connectivity index (χ2n) is 7.19. The Morgan fingerprint density at radius 3 is 2.66 bits per heavy atom. The molecule has 0 saturated carbocycles. The van der Waals surface area contributed by atoms with E-state index in [-0.39, 0.29) is 37.4 Å². The van der Waals surface area contributed by atoms with Crippen molar-refractivity contribution in [3.05, 3.63) is 35.4 Å². The molecule has 2 heterocycles. The fourth-order valence-corrected chi connectivity index (χ4v) is 6.16. The number of ether oxygens (including phenoxy) is 1. The number of nitrogens with zero attached hydrogens (tertiary/aromatic N) is 2. The molecule has 0 unspecified atom stereocenters. The lowest BCUT2D eigenvalue weighted by Crippen LogP contribution is -2.49. The van der Waals surface area contributed by atoms with Gasteiger partial charge in [-0.3, -0.25) is 9.69 Å². The molecule has 10 heteroatoms. The van der Waals surface area contributed by atoms with Crippen LogP contribution in [0, 0.1) is 0 Å². The van der Waals surface area contributed by atoms with Gasteiger partial charge in [0.1, 0.15) is 0 Å². The number of sulfonamides is 1. The van der Waals surface area contributed by atoms with Crippen LogP contribution in [0.15, 0.2) is 24.3 Å². The Kier molecular flexibility index (Phi) is 8.34. The van der Waals surface area contributed by atoms with Gasteiger partial charge in [-0.05, 0) is 11.1 Å². The summed E-state index contributed by atoms with van der Waals surface area (Å²) in [5.41, 5.74) is 1.49. The van der Waals surface area contributed by atoms with Gasteiger partial charge >= 0.3 is 0 Å². The Morgan fingerprint density at radius 1 is 1.21 bits per heavy atom. The number of nitrogens with one attached hydrogen (secondary N) is 1. The summed E-state index contributed by atoms with van der Waals surface area (Å²) in [5.74, 6) is 1.56. The first-order chi connectivity index (χ1) is 14.0. The van der Waals surface area contributed by atoms with Gasteiger partial charge in [-0.15, -0.1) is 0 Å². The van der Waals surface area contributed by atoms with Gasteiger partial charge in [-0.25, -0.2) is 8.42 Å². The summed E-state index contributed by atoms with van der Waals surface area (Å²) < 4.78 is 32.2. The van der Waals surface area contributed by atoms with Crippen LogP contribution in [-0.2, 0) is 31.9 Å². The summed E-state index contributed by atoms with van der Waals surface area (Å²) in [6.45, 7) is 2.92. The zero-order chi connectivity index (χ0) is 20.7. The predicted molar refractivity (Wildman–Crippen MR) is 113 cm³/mol. The van der Waals surface area contributed by atoms with E-state index in [1.54, 1.807) is 17.8 Å². The number of aliphatic hydroxyl groups excluding tert-OH is 1. The van der Waals surface area contributed by atoms with Crippen molar-refractivity contribution < 1.29 is 23.1 Å². The Bertz CT molecular complexity index is 784. The molecule has 0 aliphatic carbocycles. The minimum atomic E-state index is -3.43. The van der Waals surface area contributed by atoms with E-state index in [0.29, 0.717) is 31.9 Å². The van der Waals surface area contributed by atoms with Crippen molar-refractivity contribution in [1.82, 2.24) is 14.5 Å². The normalized spacial score (nSPS) is 21.8. The number of rotatable bonds is 8. The van der Waals surface area contributed by atoms with Gasteiger partial charge in [0.05, 0.1) is 32.1 Å². The number of hydrogen-bond acceptors (Lipinski definition) is 7. The van der Waals surface area contributed by atoms with Crippen LogP contribution in [0.5, 0.6) is 0 Å². The Balaban J connectivity index is 1.58. The quantitative estimate of drug-likeness (QED) is 0.578. The SMILES string of the molecule is O=C(CN1CCSC[C@@H]1CO)NCc1ccccc1CS(=O)(=O)N1CCOCC1. The lowest BCUT2D eigenvalue weighted by Gasteiger charge is -2.33. The van der Waals surface area contributed by atoms with E-state index in [0.717, 1.165) is 23.6 Å². The van der Waals surface area contributed by atoms with E-state index < -0.39 is 10.0 Å². The number of amides is 1. The fourth-order valence-electron chi connectivity index (χ4n) is 3.48. The molecule has 29 heavy (non-hydrogen) atoms. The summed E-state index contributed by atoms with van der Waals surface area (Å²) in [4.78, 5) is 14.4. The third-order valence-corrected chi connectivity index (χ3v) is 8.12. The average Bonchev–Trinajstić information content (AvgIpc) is 2.74. The predicted octanol–water partition coefficient (Wildman–Crippen LogP) is -0.125. The first-order valence-electron chi connectivity index (χ1n) is 9.81. The number of benzene rings is 1. The van der Waals surface area contributed by atoms with Gasteiger partial charge in [-0.1, -0.05) is 24.3 Å². The minimum absolute atomic E-state index is 0.00505. The number of thioether (sulfide) groups is 1. The van der Waals surface area contributed by atoms with Crippen LogP contribution in [0.1, 0.15) is 11.1 Å².